The van der Waals surface area contributed by atoms with Gasteiger partial charge in [0.15, 0.2) is 0 Å². The zero-order valence-electron chi connectivity index (χ0n) is 15.9. The second-order valence-electron chi connectivity index (χ2n) is 6.79. The third-order valence-electron chi connectivity index (χ3n) is 5.02. The third-order valence-corrected chi connectivity index (χ3v) is 5.02. The van der Waals surface area contributed by atoms with Crippen molar-refractivity contribution < 1.29 is 4.39 Å². The van der Waals surface area contributed by atoms with Crippen molar-refractivity contribution in [2.24, 2.45) is 0 Å². The van der Waals surface area contributed by atoms with Gasteiger partial charge in [0.1, 0.15) is 5.82 Å². The maximum absolute atomic E-state index is 13.9. The molecule has 1 aromatic carbocycles. The van der Waals surface area contributed by atoms with Gasteiger partial charge in [-0.1, -0.05) is 24.3 Å². The van der Waals surface area contributed by atoms with E-state index in [2.05, 4.69) is 37.0 Å². The first kappa shape index (κ1) is 18.3. The molecular formula is C21H23FN6. The molecule has 0 atom stereocenters. The fourth-order valence-electron chi connectivity index (χ4n) is 3.40. The summed E-state index contributed by atoms with van der Waals surface area (Å²) in [5, 5.41) is 4.39. The number of hydrogen-bond acceptors (Lipinski definition) is 5. The average molecular weight is 378 g/mol. The number of aromatic nitrogens is 4. The van der Waals surface area contributed by atoms with E-state index >= 15 is 0 Å². The zero-order chi connectivity index (χ0) is 19.3. The molecule has 28 heavy (non-hydrogen) atoms. The van der Waals surface area contributed by atoms with Crippen molar-refractivity contribution in [1.29, 1.82) is 0 Å². The van der Waals surface area contributed by atoms with Gasteiger partial charge in [-0.05, 0) is 25.1 Å². The molecule has 0 aliphatic carbocycles. The Morgan fingerprint density at radius 2 is 1.79 bits per heavy atom. The second-order valence-corrected chi connectivity index (χ2v) is 6.79. The minimum Gasteiger partial charge on any atom is -0.367 e. The van der Waals surface area contributed by atoms with Crippen LogP contribution in [0.15, 0.2) is 55.0 Å². The number of benzene rings is 1. The third kappa shape index (κ3) is 3.94. The molecule has 7 heteroatoms. The second kappa shape index (κ2) is 8.31. The lowest BCUT2D eigenvalue weighted by molar-refractivity contribution is 0.283. The zero-order valence-corrected chi connectivity index (χ0v) is 15.9. The van der Waals surface area contributed by atoms with Gasteiger partial charge in [-0.15, -0.1) is 0 Å². The Balaban J connectivity index is 1.33. The first-order valence-electron chi connectivity index (χ1n) is 9.43. The quantitative estimate of drug-likeness (QED) is 0.683. The van der Waals surface area contributed by atoms with Crippen LogP contribution < -0.4 is 4.90 Å². The van der Waals surface area contributed by atoms with Crippen molar-refractivity contribution in [3.63, 3.8) is 0 Å². The van der Waals surface area contributed by atoms with Crippen LogP contribution in [0.2, 0.25) is 0 Å². The Bertz CT molecular complexity index is 945. The molecule has 0 saturated carbocycles. The highest BCUT2D eigenvalue weighted by Crippen LogP contribution is 2.20. The molecule has 0 radical (unpaired) electrons. The van der Waals surface area contributed by atoms with Crippen LogP contribution in [0.25, 0.3) is 12.0 Å². The number of anilines is 1. The molecule has 1 aliphatic heterocycles. The van der Waals surface area contributed by atoms with E-state index in [-0.39, 0.29) is 5.82 Å². The van der Waals surface area contributed by atoms with Crippen LogP contribution in [-0.2, 0) is 0 Å². The fourth-order valence-corrected chi connectivity index (χ4v) is 3.40. The highest BCUT2D eigenvalue weighted by atomic mass is 19.1. The van der Waals surface area contributed by atoms with Crippen LogP contribution in [0, 0.1) is 12.7 Å². The topological polar surface area (TPSA) is 50.1 Å². The first-order chi connectivity index (χ1) is 13.7. The molecule has 0 unspecified atom stereocenters. The van der Waals surface area contributed by atoms with Gasteiger partial charge in [0.2, 0.25) is 0 Å². The number of para-hydroxylation sites is 1. The summed E-state index contributed by atoms with van der Waals surface area (Å²) < 4.78 is 15.7. The van der Waals surface area contributed by atoms with Crippen LogP contribution in [0.5, 0.6) is 0 Å². The molecular weight excluding hydrogens is 355 g/mol. The molecule has 1 saturated heterocycles. The standard InChI is InChI=1S/C21H23FN6/c1-17-18(16-25-28(17)21-23-9-5-10-24-21)6-4-11-26-12-14-27(15-13-26)20-8-3-2-7-19(20)22/h2-10,16H,11-15H2,1H3/b6-4+. The predicted molar refractivity (Wildman–Crippen MR) is 108 cm³/mol. The Kier molecular flexibility index (Phi) is 5.43. The smallest absolute Gasteiger partial charge is 0.250 e. The van der Waals surface area contributed by atoms with Crippen molar-refractivity contribution in [3.05, 3.63) is 72.1 Å². The summed E-state index contributed by atoms with van der Waals surface area (Å²) >= 11 is 0. The Hall–Kier alpha value is -3.06. The summed E-state index contributed by atoms with van der Waals surface area (Å²) in [6.45, 7) is 6.35. The minimum absolute atomic E-state index is 0.147. The SMILES string of the molecule is Cc1c(/C=C/CN2CCN(c3ccccc3F)CC2)cnn1-c1ncccn1. The van der Waals surface area contributed by atoms with Crippen LogP contribution in [0.4, 0.5) is 10.1 Å². The van der Waals surface area contributed by atoms with Crippen LogP contribution in [0.3, 0.4) is 0 Å². The molecule has 1 fully saturated rings. The number of halogens is 1. The molecule has 144 valence electrons. The maximum Gasteiger partial charge on any atom is 0.250 e. The van der Waals surface area contributed by atoms with Crippen molar-refractivity contribution in [2.75, 3.05) is 37.6 Å². The number of nitrogens with zero attached hydrogens (tertiary/aromatic N) is 6. The molecule has 0 amide bonds. The lowest BCUT2D eigenvalue weighted by Gasteiger charge is -2.35. The predicted octanol–water partition coefficient (Wildman–Crippen LogP) is 2.95. The van der Waals surface area contributed by atoms with Gasteiger partial charge in [-0.25, -0.2) is 19.0 Å². The van der Waals surface area contributed by atoms with E-state index in [1.165, 1.54) is 6.07 Å². The summed E-state index contributed by atoms with van der Waals surface area (Å²) in [5.41, 5.74) is 2.76. The largest absolute Gasteiger partial charge is 0.367 e. The highest BCUT2D eigenvalue weighted by molar-refractivity contribution is 5.52. The van der Waals surface area contributed by atoms with Gasteiger partial charge in [-0.3, -0.25) is 4.90 Å². The number of rotatable bonds is 5. The number of hydrogen-bond donors (Lipinski definition) is 0. The van der Waals surface area contributed by atoms with E-state index in [1.807, 2.05) is 25.3 Å². The van der Waals surface area contributed by atoms with Crippen LogP contribution in [-0.4, -0.2) is 57.4 Å². The van der Waals surface area contributed by atoms with Crippen molar-refractivity contribution in [1.82, 2.24) is 24.6 Å². The van der Waals surface area contributed by atoms with E-state index in [9.17, 15) is 4.39 Å². The molecule has 4 rings (SSSR count). The first-order valence-corrected chi connectivity index (χ1v) is 9.43. The van der Waals surface area contributed by atoms with Gasteiger partial charge >= 0.3 is 0 Å². The van der Waals surface area contributed by atoms with Gasteiger partial charge in [0.05, 0.1) is 17.6 Å². The Labute approximate surface area is 164 Å². The van der Waals surface area contributed by atoms with E-state index in [0.29, 0.717) is 11.6 Å². The lowest BCUT2D eigenvalue weighted by atomic mass is 10.2. The van der Waals surface area contributed by atoms with Gasteiger partial charge in [0, 0.05) is 50.7 Å². The summed E-state index contributed by atoms with van der Waals surface area (Å²) in [5.74, 6) is 0.426. The maximum atomic E-state index is 13.9. The van der Waals surface area contributed by atoms with Crippen molar-refractivity contribution in [3.8, 4) is 5.95 Å². The molecule has 0 spiro atoms. The molecule has 0 N–H and O–H groups in total. The monoisotopic (exact) mass is 378 g/mol. The van der Waals surface area contributed by atoms with Gasteiger partial charge in [-0.2, -0.15) is 5.10 Å². The van der Waals surface area contributed by atoms with Gasteiger partial charge < -0.3 is 4.90 Å². The van der Waals surface area contributed by atoms with E-state index in [1.54, 1.807) is 29.2 Å². The number of piperazine rings is 1. The normalized spacial score (nSPS) is 15.4. The highest BCUT2D eigenvalue weighted by Gasteiger charge is 2.18. The lowest BCUT2D eigenvalue weighted by Crippen LogP contribution is -2.46. The Morgan fingerprint density at radius 3 is 2.54 bits per heavy atom. The fraction of sp³-hybridized carbons (Fsp3) is 0.286. The summed E-state index contributed by atoms with van der Waals surface area (Å²) in [7, 11) is 0. The Morgan fingerprint density at radius 1 is 1.04 bits per heavy atom. The molecule has 1 aliphatic rings. The molecule has 3 heterocycles. The van der Waals surface area contributed by atoms with E-state index in [0.717, 1.165) is 44.0 Å². The molecule has 3 aromatic rings. The summed E-state index contributed by atoms with van der Waals surface area (Å²) in [4.78, 5) is 13.0. The van der Waals surface area contributed by atoms with Crippen molar-refractivity contribution in [2.45, 2.75) is 6.92 Å². The van der Waals surface area contributed by atoms with Crippen LogP contribution in [0.1, 0.15) is 11.3 Å². The molecule has 6 nitrogen and oxygen atoms in total. The van der Waals surface area contributed by atoms with E-state index < -0.39 is 0 Å². The molecule has 0 bridgehead atoms. The van der Waals surface area contributed by atoms with Crippen molar-refractivity contribution >= 4 is 11.8 Å². The molecule has 2 aromatic heterocycles. The average Bonchev–Trinajstić information content (AvgIpc) is 3.10. The minimum atomic E-state index is -0.147. The summed E-state index contributed by atoms with van der Waals surface area (Å²) in [6.07, 6.45) is 9.49. The van der Waals surface area contributed by atoms with Crippen LogP contribution >= 0.6 is 0 Å². The van der Waals surface area contributed by atoms with Gasteiger partial charge in [0.25, 0.3) is 5.95 Å². The van der Waals surface area contributed by atoms with E-state index in [4.69, 9.17) is 0 Å². The summed E-state index contributed by atoms with van der Waals surface area (Å²) in [6, 6.07) is 8.77.